The van der Waals surface area contributed by atoms with Crippen LogP contribution in [0.15, 0.2) is 121 Å². The van der Waals surface area contributed by atoms with Crippen molar-refractivity contribution in [2.45, 2.75) is 13.3 Å². The second kappa shape index (κ2) is 11.8. The zero-order chi connectivity index (χ0) is 33.1. The highest BCUT2D eigenvalue weighted by Gasteiger charge is 2.21. The Bertz CT molecular complexity index is 2450. The molecule has 0 atom stereocenters. The highest BCUT2D eigenvalue weighted by molar-refractivity contribution is 6.69. The topological polar surface area (TPSA) is 17.8 Å². The summed E-state index contributed by atoms with van der Waals surface area (Å²) >= 11 is 0. The summed E-state index contributed by atoms with van der Waals surface area (Å²) in [7, 11) is 11.4. The molecule has 0 amide bonds. The van der Waals surface area contributed by atoms with Crippen molar-refractivity contribution in [1.29, 1.82) is 0 Å². The third kappa shape index (κ3) is 4.67. The number of benzene rings is 7. The van der Waals surface area contributed by atoms with Gasteiger partial charge in [0.1, 0.15) is 45.1 Å². The summed E-state index contributed by atoms with van der Waals surface area (Å²) in [5, 5.41) is 5.19. The number of nitrogens with zero attached hydrogens (tertiary/aromatic N) is 2. The molecular formula is C41H35B5N2. The van der Waals surface area contributed by atoms with E-state index in [1.54, 1.807) is 0 Å². The SMILES string of the molecule is Bc1c(B)c(B)c(-c2c3ccccc3c(-c3ccc(-c4ccc(-n5c(CC)nc6ccccc65)cc4)cc3)c3ccccc23)c(B)c1B. The molecule has 0 saturated carbocycles. The Hall–Kier alpha value is -5.15. The zero-order valence-electron chi connectivity index (χ0n) is 28.6. The van der Waals surface area contributed by atoms with Crippen LogP contribution in [-0.4, -0.2) is 48.8 Å². The molecule has 0 fully saturated rings. The first kappa shape index (κ1) is 30.2. The van der Waals surface area contributed by atoms with E-state index in [2.05, 4.69) is 172 Å². The second-order valence-electron chi connectivity index (χ2n) is 13.2. The van der Waals surface area contributed by atoms with E-state index in [9.17, 15) is 0 Å². The molecule has 8 rings (SSSR count). The molecule has 0 N–H and O–H groups in total. The van der Waals surface area contributed by atoms with Crippen LogP contribution in [0, 0.1) is 0 Å². The Morgan fingerprint density at radius 3 is 1.44 bits per heavy atom. The summed E-state index contributed by atoms with van der Waals surface area (Å²) in [6.45, 7) is 2.17. The van der Waals surface area contributed by atoms with Crippen molar-refractivity contribution in [3.05, 3.63) is 127 Å². The minimum Gasteiger partial charge on any atom is -0.296 e. The number of para-hydroxylation sites is 2. The van der Waals surface area contributed by atoms with Crippen molar-refractivity contribution < 1.29 is 0 Å². The van der Waals surface area contributed by atoms with E-state index in [0.717, 1.165) is 29.0 Å². The number of rotatable bonds is 5. The molecule has 1 heterocycles. The van der Waals surface area contributed by atoms with Crippen molar-refractivity contribution in [1.82, 2.24) is 9.55 Å². The van der Waals surface area contributed by atoms with Gasteiger partial charge in [0.25, 0.3) is 0 Å². The minimum absolute atomic E-state index is 0.881. The molecule has 8 aromatic rings. The normalized spacial score (nSPS) is 11.5. The highest BCUT2D eigenvalue weighted by Crippen LogP contribution is 2.43. The van der Waals surface area contributed by atoms with Gasteiger partial charge in [-0.15, -0.1) is 16.4 Å². The fourth-order valence-electron chi connectivity index (χ4n) is 7.82. The van der Waals surface area contributed by atoms with Crippen molar-refractivity contribution >= 4 is 99.1 Å². The molecule has 7 aromatic carbocycles. The van der Waals surface area contributed by atoms with Crippen LogP contribution < -0.4 is 27.3 Å². The van der Waals surface area contributed by atoms with Crippen LogP contribution >= 0.6 is 0 Å². The van der Waals surface area contributed by atoms with Crippen LogP contribution in [0.25, 0.3) is 71.6 Å². The number of imidazole rings is 1. The molecule has 0 unspecified atom stereocenters. The van der Waals surface area contributed by atoms with Gasteiger partial charge in [0.05, 0.1) is 11.0 Å². The summed E-state index contributed by atoms with van der Waals surface area (Å²) in [5.41, 5.74) is 17.9. The van der Waals surface area contributed by atoms with E-state index in [1.807, 2.05) is 0 Å². The van der Waals surface area contributed by atoms with Crippen LogP contribution in [-0.2, 0) is 6.42 Å². The Morgan fingerprint density at radius 1 is 0.458 bits per heavy atom. The van der Waals surface area contributed by atoms with E-state index >= 15 is 0 Å². The van der Waals surface area contributed by atoms with Crippen LogP contribution in [0.4, 0.5) is 0 Å². The van der Waals surface area contributed by atoms with Crippen LogP contribution in [0.2, 0.25) is 0 Å². The summed E-state index contributed by atoms with van der Waals surface area (Å²) < 4.78 is 2.28. The molecule has 224 valence electrons. The van der Waals surface area contributed by atoms with Crippen LogP contribution in [0.5, 0.6) is 0 Å². The van der Waals surface area contributed by atoms with E-state index in [0.29, 0.717) is 0 Å². The number of aromatic nitrogens is 2. The molecule has 0 spiro atoms. The number of hydrogen-bond donors (Lipinski definition) is 0. The molecule has 48 heavy (non-hydrogen) atoms. The quantitative estimate of drug-likeness (QED) is 0.216. The molecule has 0 aliphatic carbocycles. The van der Waals surface area contributed by atoms with Crippen molar-refractivity contribution in [2.24, 2.45) is 0 Å². The van der Waals surface area contributed by atoms with E-state index < -0.39 is 0 Å². The van der Waals surface area contributed by atoms with Gasteiger partial charge in [-0.1, -0.05) is 115 Å². The third-order valence-corrected chi connectivity index (χ3v) is 10.8. The fourth-order valence-corrected chi connectivity index (χ4v) is 7.82. The van der Waals surface area contributed by atoms with Gasteiger partial charge >= 0.3 is 0 Å². The maximum absolute atomic E-state index is 4.87. The van der Waals surface area contributed by atoms with Gasteiger partial charge in [-0.05, 0) is 79.2 Å². The fraction of sp³-hybridized carbons (Fsp3) is 0.0488. The van der Waals surface area contributed by atoms with Gasteiger partial charge in [0.15, 0.2) is 0 Å². The Balaban J connectivity index is 1.25. The molecule has 0 aliphatic rings. The zero-order valence-corrected chi connectivity index (χ0v) is 28.6. The summed E-state index contributed by atoms with van der Waals surface area (Å²) in [4.78, 5) is 4.87. The molecule has 2 nitrogen and oxygen atoms in total. The lowest BCUT2D eigenvalue weighted by Gasteiger charge is -2.24. The smallest absolute Gasteiger partial charge is 0.139 e. The van der Waals surface area contributed by atoms with Gasteiger partial charge in [0.2, 0.25) is 0 Å². The second-order valence-corrected chi connectivity index (χ2v) is 13.2. The molecule has 0 saturated heterocycles. The lowest BCUT2D eigenvalue weighted by molar-refractivity contribution is 0.908. The van der Waals surface area contributed by atoms with Crippen molar-refractivity contribution in [2.75, 3.05) is 0 Å². The number of hydrogen-bond acceptors (Lipinski definition) is 1. The molecule has 0 bridgehead atoms. The average Bonchev–Trinajstić information content (AvgIpc) is 3.52. The maximum Gasteiger partial charge on any atom is 0.139 e. The lowest BCUT2D eigenvalue weighted by Crippen LogP contribution is -2.55. The molecular weight excluding hydrogens is 575 g/mol. The van der Waals surface area contributed by atoms with E-state index in [-0.39, 0.29) is 0 Å². The minimum atomic E-state index is 0.881. The van der Waals surface area contributed by atoms with Crippen LogP contribution in [0.1, 0.15) is 12.7 Å². The largest absolute Gasteiger partial charge is 0.296 e. The maximum atomic E-state index is 4.87. The van der Waals surface area contributed by atoms with Crippen LogP contribution in [0.3, 0.4) is 0 Å². The first-order valence-electron chi connectivity index (χ1n) is 17.1. The monoisotopic (exact) mass is 610 g/mol. The molecule has 0 radical (unpaired) electrons. The van der Waals surface area contributed by atoms with Gasteiger partial charge in [-0.25, -0.2) is 4.98 Å². The number of aryl methyl sites for hydroxylation is 1. The predicted molar refractivity (Wildman–Crippen MR) is 223 cm³/mol. The summed E-state index contributed by atoms with van der Waals surface area (Å²) in [6.07, 6.45) is 0.881. The average molecular weight is 610 g/mol. The molecule has 1 aromatic heterocycles. The molecule has 7 heteroatoms. The van der Waals surface area contributed by atoms with Crippen molar-refractivity contribution in [3.8, 4) is 39.1 Å². The number of fused-ring (bicyclic) bond motifs is 3. The first-order chi connectivity index (χ1) is 23.4. The highest BCUT2D eigenvalue weighted by atomic mass is 15.1. The van der Waals surface area contributed by atoms with E-state index in [4.69, 9.17) is 4.98 Å². The first-order valence-corrected chi connectivity index (χ1v) is 17.1. The Labute approximate surface area is 287 Å². The predicted octanol–water partition coefficient (Wildman–Crippen LogP) is 2.19. The standard InChI is InChI=1S/C41H35B5N2/c1-2-33-47-31-13-7-8-14-32(31)48(33)26-21-19-24(20-22-26)23-15-17-25(18-16-23)34-27-9-3-5-11-29(27)35(30-12-6-4-10-28(30)34)36-37(42)39(44)41(46)40(45)38(36)43/h3-22H,2,42-46H2,1H3. The van der Waals surface area contributed by atoms with Gasteiger partial charge in [0, 0.05) is 12.1 Å². The van der Waals surface area contributed by atoms with E-state index in [1.165, 1.54) is 82.2 Å². The van der Waals surface area contributed by atoms with Gasteiger partial charge in [-0.3, -0.25) is 4.57 Å². The Kier molecular flexibility index (Phi) is 7.44. The third-order valence-electron chi connectivity index (χ3n) is 10.8. The lowest BCUT2D eigenvalue weighted by atomic mass is 9.59. The van der Waals surface area contributed by atoms with Crippen molar-refractivity contribution in [3.63, 3.8) is 0 Å². The summed E-state index contributed by atoms with van der Waals surface area (Å²) in [5.74, 6) is 1.08. The molecule has 0 aliphatic heterocycles. The van der Waals surface area contributed by atoms with Gasteiger partial charge < -0.3 is 0 Å². The van der Waals surface area contributed by atoms with Gasteiger partial charge in [-0.2, -0.15) is 0 Å². The Morgan fingerprint density at radius 2 is 0.896 bits per heavy atom. The summed E-state index contributed by atoms with van der Waals surface area (Å²) in [6, 6.07) is 44.4.